The van der Waals surface area contributed by atoms with Crippen molar-refractivity contribution >= 4 is 54.0 Å². The molecule has 0 saturated carbocycles. The van der Waals surface area contributed by atoms with Crippen LogP contribution in [-0.2, 0) is 21.4 Å². The lowest BCUT2D eigenvalue weighted by Crippen LogP contribution is -2.44. The summed E-state index contributed by atoms with van der Waals surface area (Å²) in [6, 6.07) is 11.3. The average Bonchev–Trinajstić information content (AvgIpc) is 3.57. The Morgan fingerprint density at radius 1 is 1.14 bits per heavy atom. The molecule has 1 aliphatic rings. The number of aryl methyl sites for hydroxylation is 2. The molecule has 0 unspecified atom stereocenters. The van der Waals surface area contributed by atoms with Crippen LogP contribution in [0.5, 0.6) is 0 Å². The van der Waals surface area contributed by atoms with Gasteiger partial charge in [0, 0.05) is 31.4 Å². The normalized spacial score (nSPS) is 15.5. The number of pyridine rings is 1. The molecule has 1 amide bonds. The molecule has 0 aliphatic carbocycles. The third-order valence-electron chi connectivity index (χ3n) is 6.53. The van der Waals surface area contributed by atoms with Crippen molar-refractivity contribution in [1.82, 2.24) is 14.3 Å². The number of fused-ring (bicyclic) bond motifs is 1. The number of rotatable bonds is 6. The number of thiazole rings is 1. The number of carbonyl (C=O) groups excluding carboxylic acids is 1. The maximum Gasteiger partial charge on any atom is 0.252 e. The van der Waals surface area contributed by atoms with E-state index < -0.39 is 10.0 Å². The summed E-state index contributed by atoms with van der Waals surface area (Å²) in [4.78, 5) is 24.7. The topological polar surface area (TPSA) is 83.5 Å². The Hall–Kier alpha value is -2.66. The zero-order valence-corrected chi connectivity index (χ0v) is 22.0. The lowest BCUT2D eigenvalue weighted by Gasteiger charge is -2.32. The fraction of sp³-hybridized carbons (Fsp3) is 0.320. The monoisotopic (exact) mass is 526 g/mol. The van der Waals surface area contributed by atoms with Gasteiger partial charge < -0.3 is 0 Å². The molecule has 0 atom stereocenters. The number of sulfonamides is 1. The van der Waals surface area contributed by atoms with Gasteiger partial charge in [-0.25, -0.2) is 13.4 Å². The van der Waals surface area contributed by atoms with Crippen LogP contribution < -0.4 is 4.90 Å². The Bertz CT molecular complexity index is 1440. The highest BCUT2D eigenvalue weighted by Gasteiger charge is 2.35. The predicted molar refractivity (Wildman–Crippen MR) is 140 cm³/mol. The fourth-order valence-electron chi connectivity index (χ4n) is 4.34. The van der Waals surface area contributed by atoms with Crippen molar-refractivity contribution in [3.63, 3.8) is 0 Å². The Morgan fingerprint density at radius 3 is 2.63 bits per heavy atom. The van der Waals surface area contributed by atoms with E-state index in [0.717, 1.165) is 21.3 Å². The molecule has 0 N–H and O–H groups in total. The zero-order valence-electron chi connectivity index (χ0n) is 19.5. The van der Waals surface area contributed by atoms with Crippen LogP contribution in [0.2, 0.25) is 0 Å². The summed E-state index contributed by atoms with van der Waals surface area (Å²) in [6.07, 6.45) is 4.44. The van der Waals surface area contributed by atoms with Gasteiger partial charge in [-0.3, -0.25) is 14.7 Å². The van der Waals surface area contributed by atoms with Crippen LogP contribution in [-0.4, -0.2) is 41.7 Å². The van der Waals surface area contributed by atoms with Crippen LogP contribution in [0.25, 0.3) is 10.2 Å². The standard InChI is InChI=1S/C25H26N4O3S3/c1-17-7-8-21-23(18(17)2)27-25(34-21)29(16-19-5-3-11-26-15-19)24(30)20-9-12-28(13-10-20)35(31,32)22-6-4-14-33-22/h3-8,11,14-15,20H,9-10,12-13,16H2,1-2H3. The van der Waals surface area contributed by atoms with Gasteiger partial charge in [-0.1, -0.05) is 29.5 Å². The molecular formula is C25H26N4O3S3. The average molecular weight is 527 g/mol. The summed E-state index contributed by atoms with van der Waals surface area (Å²) >= 11 is 2.73. The third kappa shape index (κ3) is 4.75. The second kappa shape index (κ2) is 9.77. The molecule has 1 aliphatic heterocycles. The van der Waals surface area contributed by atoms with E-state index in [1.807, 2.05) is 12.1 Å². The van der Waals surface area contributed by atoms with Crippen molar-refractivity contribution in [1.29, 1.82) is 0 Å². The van der Waals surface area contributed by atoms with E-state index in [2.05, 4.69) is 31.0 Å². The van der Waals surface area contributed by atoms with Gasteiger partial charge in [0.15, 0.2) is 5.13 Å². The van der Waals surface area contributed by atoms with Gasteiger partial charge in [0.05, 0.1) is 16.8 Å². The quantitative estimate of drug-likeness (QED) is 0.353. The predicted octanol–water partition coefficient (Wildman–Crippen LogP) is 5.00. The summed E-state index contributed by atoms with van der Waals surface area (Å²) in [5.41, 5.74) is 4.13. The second-order valence-electron chi connectivity index (χ2n) is 8.75. The largest absolute Gasteiger partial charge is 0.283 e. The van der Waals surface area contributed by atoms with E-state index in [1.165, 1.54) is 32.5 Å². The SMILES string of the molecule is Cc1ccc2sc(N(Cc3cccnc3)C(=O)C3CCN(S(=O)(=O)c4cccs4)CC3)nc2c1C. The molecule has 3 aromatic heterocycles. The minimum Gasteiger partial charge on any atom is -0.283 e. The summed E-state index contributed by atoms with van der Waals surface area (Å²) in [5.74, 6) is -0.285. The molecular weight excluding hydrogens is 501 g/mol. The van der Waals surface area contributed by atoms with Crippen LogP contribution in [0.3, 0.4) is 0 Å². The Kier molecular flexibility index (Phi) is 6.71. The van der Waals surface area contributed by atoms with Crippen molar-refractivity contribution in [2.24, 2.45) is 5.92 Å². The van der Waals surface area contributed by atoms with Crippen molar-refractivity contribution < 1.29 is 13.2 Å². The van der Waals surface area contributed by atoms with Gasteiger partial charge in [-0.2, -0.15) is 4.31 Å². The summed E-state index contributed by atoms with van der Waals surface area (Å²) in [5, 5.41) is 2.43. The first-order valence-corrected chi connectivity index (χ1v) is 14.6. The molecule has 0 radical (unpaired) electrons. The summed E-state index contributed by atoms with van der Waals surface area (Å²) in [7, 11) is -3.51. The van der Waals surface area contributed by atoms with Gasteiger partial charge in [-0.05, 0) is 67.0 Å². The van der Waals surface area contributed by atoms with Crippen LogP contribution in [0, 0.1) is 19.8 Å². The molecule has 0 spiro atoms. The van der Waals surface area contributed by atoms with Gasteiger partial charge >= 0.3 is 0 Å². The molecule has 35 heavy (non-hydrogen) atoms. The van der Waals surface area contributed by atoms with Crippen molar-refractivity contribution in [2.45, 2.75) is 37.4 Å². The number of piperidine rings is 1. The molecule has 1 saturated heterocycles. The Balaban J connectivity index is 1.40. The number of benzene rings is 1. The highest BCUT2D eigenvalue weighted by atomic mass is 32.2. The molecule has 0 bridgehead atoms. The first kappa shape index (κ1) is 24.1. The number of hydrogen-bond acceptors (Lipinski definition) is 7. The smallest absolute Gasteiger partial charge is 0.252 e. The van der Waals surface area contributed by atoms with Gasteiger partial charge in [0.2, 0.25) is 5.91 Å². The van der Waals surface area contributed by atoms with E-state index >= 15 is 0 Å². The molecule has 1 fully saturated rings. The first-order chi connectivity index (χ1) is 16.8. The van der Waals surface area contributed by atoms with Crippen LogP contribution >= 0.6 is 22.7 Å². The zero-order chi connectivity index (χ0) is 24.6. The molecule has 4 heterocycles. The Morgan fingerprint density at radius 2 is 1.94 bits per heavy atom. The fourth-order valence-corrected chi connectivity index (χ4v) is 7.99. The van der Waals surface area contributed by atoms with E-state index in [0.29, 0.717) is 41.8 Å². The van der Waals surface area contributed by atoms with Gasteiger partial charge in [-0.15, -0.1) is 11.3 Å². The molecule has 182 valence electrons. The molecule has 1 aromatic carbocycles. The van der Waals surface area contributed by atoms with Crippen LogP contribution in [0.1, 0.15) is 29.5 Å². The van der Waals surface area contributed by atoms with E-state index in [4.69, 9.17) is 4.98 Å². The van der Waals surface area contributed by atoms with Crippen molar-refractivity contribution in [2.75, 3.05) is 18.0 Å². The van der Waals surface area contributed by atoms with Crippen molar-refractivity contribution in [3.8, 4) is 0 Å². The summed E-state index contributed by atoms with van der Waals surface area (Å²) < 4.78 is 28.7. The molecule has 10 heteroatoms. The highest BCUT2D eigenvalue weighted by Crippen LogP contribution is 2.35. The number of thiophene rings is 1. The third-order valence-corrected chi connectivity index (χ3v) is 10.8. The lowest BCUT2D eigenvalue weighted by molar-refractivity contribution is -0.123. The number of anilines is 1. The maximum absolute atomic E-state index is 13.8. The first-order valence-electron chi connectivity index (χ1n) is 11.5. The van der Waals surface area contributed by atoms with E-state index in [9.17, 15) is 13.2 Å². The van der Waals surface area contributed by atoms with Gasteiger partial charge in [0.25, 0.3) is 10.0 Å². The van der Waals surface area contributed by atoms with Crippen LogP contribution in [0.4, 0.5) is 5.13 Å². The number of amides is 1. The maximum atomic E-state index is 13.8. The van der Waals surface area contributed by atoms with E-state index in [1.54, 1.807) is 34.8 Å². The lowest BCUT2D eigenvalue weighted by atomic mass is 9.96. The van der Waals surface area contributed by atoms with Crippen molar-refractivity contribution in [3.05, 3.63) is 70.9 Å². The minimum atomic E-state index is -3.51. The van der Waals surface area contributed by atoms with Crippen LogP contribution in [0.15, 0.2) is 58.4 Å². The molecule has 4 aromatic rings. The number of nitrogens with zero attached hydrogens (tertiary/aromatic N) is 4. The molecule has 7 nitrogen and oxygen atoms in total. The Labute approximate surface area is 213 Å². The highest BCUT2D eigenvalue weighted by molar-refractivity contribution is 7.91. The number of hydrogen-bond donors (Lipinski definition) is 0. The molecule has 5 rings (SSSR count). The van der Waals surface area contributed by atoms with E-state index in [-0.39, 0.29) is 11.8 Å². The minimum absolute atomic E-state index is 0.0181. The second-order valence-corrected chi connectivity index (χ2v) is 12.9. The number of aromatic nitrogens is 2. The summed E-state index contributed by atoms with van der Waals surface area (Å²) in [6.45, 7) is 5.14. The van der Waals surface area contributed by atoms with Gasteiger partial charge in [0.1, 0.15) is 4.21 Å². The number of carbonyl (C=O) groups is 1.